The molecule has 0 radical (unpaired) electrons. The van der Waals surface area contributed by atoms with E-state index >= 15 is 0 Å². The average molecular weight is 128 g/mol. The van der Waals surface area contributed by atoms with Crippen LogP contribution in [0.1, 0.15) is 12.8 Å². The van der Waals surface area contributed by atoms with Gasteiger partial charge in [-0.15, -0.1) is 0 Å². The molecule has 0 aromatic heterocycles. The molecule has 0 amide bonds. The summed E-state index contributed by atoms with van der Waals surface area (Å²) in [5, 5.41) is 9.27. The van der Waals surface area contributed by atoms with E-state index in [0.717, 1.165) is 12.5 Å². The van der Waals surface area contributed by atoms with Crippen molar-refractivity contribution >= 4 is 0 Å². The van der Waals surface area contributed by atoms with E-state index in [0.29, 0.717) is 12.5 Å². The number of hydrogen-bond acceptors (Lipinski definition) is 2. The maximum atomic E-state index is 9.27. The van der Waals surface area contributed by atoms with Crippen LogP contribution in [0.15, 0.2) is 0 Å². The van der Waals surface area contributed by atoms with Crippen LogP contribution in [0.3, 0.4) is 0 Å². The first-order valence-electron chi connectivity index (χ1n) is 3.64. The summed E-state index contributed by atoms with van der Waals surface area (Å²) in [6.45, 7) is 1.37. The highest BCUT2D eigenvalue weighted by molar-refractivity contribution is 4.88. The summed E-state index contributed by atoms with van der Waals surface area (Å²) in [4.78, 5) is 0. The number of rotatable bonds is 1. The first-order chi connectivity index (χ1) is 4.38. The lowest BCUT2D eigenvalue weighted by Gasteiger charge is -2.08. The van der Waals surface area contributed by atoms with Crippen LogP contribution < -0.4 is 0 Å². The topological polar surface area (TPSA) is 29.5 Å². The van der Waals surface area contributed by atoms with Gasteiger partial charge in [-0.2, -0.15) is 0 Å². The summed E-state index contributed by atoms with van der Waals surface area (Å²) < 4.78 is 5.12. The molecular weight excluding hydrogens is 116 g/mol. The minimum absolute atomic E-state index is 0.155. The second kappa shape index (κ2) is 1.96. The van der Waals surface area contributed by atoms with Gasteiger partial charge in [-0.3, -0.25) is 0 Å². The lowest BCUT2D eigenvalue weighted by atomic mass is 10.0. The van der Waals surface area contributed by atoms with E-state index in [9.17, 15) is 5.11 Å². The maximum absolute atomic E-state index is 9.27. The van der Waals surface area contributed by atoms with Gasteiger partial charge in [0.2, 0.25) is 0 Å². The van der Waals surface area contributed by atoms with Gasteiger partial charge in [0.05, 0.1) is 19.3 Å². The maximum Gasteiger partial charge on any atom is 0.0826 e. The van der Waals surface area contributed by atoms with E-state index in [4.69, 9.17) is 4.74 Å². The van der Waals surface area contributed by atoms with Gasteiger partial charge >= 0.3 is 0 Å². The summed E-state index contributed by atoms with van der Waals surface area (Å²) in [5.74, 6) is 1.27. The number of aliphatic hydroxyl groups excluding tert-OH is 1. The highest BCUT2D eigenvalue weighted by Gasteiger charge is 2.39. The SMILES string of the molecule is O[C@@H]1COC[C@H]1C1CC1. The van der Waals surface area contributed by atoms with Crippen LogP contribution in [0.2, 0.25) is 0 Å². The molecule has 2 nitrogen and oxygen atoms in total. The van der Waals surface area contributed by atoms with Crippen LogP contribution in [-0.2, 0) is 4.74 Å². The van der Waals surface area contributed by atoms with Gasteiger partial charge in [0, 0.05) is 5.92 Å². The molecule has 1 aliphatic heterocycles. The average Bonchev–Trinajstić information content (AvgIpc) is 2.58. The fourth-order valence-electron chi connectivity index (χ4n) is 1.53. The van der Waals surface area contributed by atoms with Crippen LogP contribution in [-0.4, -0.2) is 24.4 Å². The molecule has 2 fully saturated rings. The smallest absolute Gasteiger partial charge is 0.0826 e. The summed E-state index contributed by atoms with van der Waals surface area (Å²) in [6, 6.07) is 0. The molecule has 1 saturated carbocycles. The van der Waals surface area contributed by atoms with Gasteiger partial charge in [-0.25, -0.2) is 0 Å². The van der Waals surface area contributed by atoms with Crippen LogP contribution >= 0.6 is 0 Å². The van der Waals surface area contributed by atoms with Gasteiger partial charge in [-0.1, -0.05) is 0 Å². The van der Waals surface area contributed by atoms with Crippen molar-refractivity contribution in [3.63, 3.8) is 0 Å². The van der Waals surface area contributed by atoms with Gasteiger partial charge in [0.15, 0.2) is 0 Å². The van der Waals surface area contributed by atoms with E-state index in [1.165, 1.54) is 12.8 Å². The van der Waals surface area contributed by atoms with Gasteiger partial charge in [0.25, 0.3) is 0 Å². The molecule has 0 unspecified atom stereocenters. The minimum Gasteiger partial charge on any atom is -0.390 e. The molecule has 2 rings (SSSR count). The van der Waals surface area contributed by atoms with Crippen LogP contribution in [0.25, 0.3) is 0 Å². The zero-order valence-electron chi connectivity index (χ0n) is 5.42. The molecule has 2 atom stereocenters. The first-order valence-corrected chi connectivity index (χ1v) is 3.64. The van der Waals surface area contributed by atoms with Crippen molar-refractivity contribution in [2.75, 3.05) is 13.2 Å². The van der Waals surface area contributed by atoms with Crippen molar-refractivity contribution in [1.29, 1.82) is 0 Å². The monoisotopic (exact) mass is 128 g/mol. The molecule has 2 heteroatoms. The Morgan fingerprint density at radius 2 is 2.00 bits per heavy atom. The van der Waals surface area contributed by atoms with Crippen molar-refractivity contribution in [1.82, 2.24) is 0 Å². The lowest BCUT2D eigenvalue weighted by Crippen LogP contribution is -2.19. The van der Waals surface area contributed by atoms with Gasteiger partial charge in [0.1, 0.15) is 0 Å². The Balaban J connectivity index is 1.93. The van der Waals surface area contributed by atoms with Gasteiger partial charge in [-0.05, 0) is 18.8 Å². The third-order valence-electron chi connectivity index (χ3n) is 2.32. The Kier molecular flexibility index (Phi) is 1.24. The molecule has 9 heavy (non-hydrogen) atoms. The Bertz CT molecular complexity index is 109. The Labute approximate surface area is 54.8 Å². The van der Waals surface area contributed by atoms with E-state index in [-0.39, 0.29) is 6.10 Å². The molecule has 0 spiro atoms. The van der Waals surface area contributed by atoms with Crippen molar-refractivity contribution in [3.05, 3.63) is 0 Å². The fraction of sp³-hybridized carbons (Fsp3) is 1.00. The fourth-order valence-corrected chi connectivity index (χ4v) is 1.53. The number of aliphatic hydroxyl groups is 1. The molecule has 1 aliphatic carbocycles. The summed E-state index contributed by atoms with van der Waals surface area (Å²) in [5.41, 5.74) is 0. The van der Waals surface area contributed by atoms with Crippen molar-refractivity contribution in [3.8, 4) is 0 Å². The molecule has 0 aromatic carbocycles. The third kappa shape index (κ3) is 0.970. The second-order valence-electron chi connectivity index (χ2n) is 3.11. The summed E-state index contributed by atoms with van der Waals surface area (Å²) >= 11 is 0. The zero-order chi connectivity index (χ0) is 6.27. The zero-order valence-corrected chi connectivity index (χ0v) is 5.42. The Morgan fingerprint density at radius 1 is 1.22 bits per heavy atom. The highest BCUT2D eigenvalue weighted by Crippen LogP contribution is 2.40. The standard InChI is InChI=1S/C7H12O2/c8-7-4-9-3-6(7)5-1-2-5/h5-8H,1-4H2/t6-,7+/m0/s1. The molecule has 0 aromatic rings. The summed E-state index contributed by atoms with van der Waals surface area (Å²) in [6.07, 6.45) is 2.47. The molecule has 52 valence electrons. The highest BCUT2D eigenvalue weighted by atomic mass is 16.5. The predicted molar refractivity (Wildman–Crippen MR) is 33.0 cm³/mol. The lowest BCUT2D eigenvalue weighted by molar-refractivity contribution is 0.115. The van der Waals surface area contributed by atoms with E-state index < -0.39 is 0 Å². The molecular formula is C7H12O2. The molecule has 0 bridgehead atoms. The Hall–Kier alpha value is -0.0800. The predicted octanol–water partition coefficient (Wildman–Crippen LogP) is 0.404. The van der Waals surface area contributed by atoms with Crippen LogP contribution in [0.4, 0.5) is 0 Å². The molecule has 1 N–H and O–H groups in total. The van der Waals surface area contributed by atoms with E-state index in [2.05, 4.69) is 0 Å². The van der Waals surface area contributed by atoms with Crippen LogP contribution in [0.5, 0.6) is 0 Å². The molecule has 1 heterocycles. The Morgan fingerprint density at radius 3 is 2.44 bits per heavy atom. The van der Waals surface area contributed by atoms with Crippen molar-refractivity contribution in [2.45, 2.75) is 18.9 Å². The third-order valence-corrected chi connectivity index (χ3v) is 2.32. The summed E-state index contributed by atoms with van der Waals surface area (Å²) in [7, 11) is 0. The van der Waals surface area contributed by atoms with Crippen molar-refractivity contribution < 1.29 is 9.84 Å². The van der Waals surface area contributed by atoms with E-state index in [1.807, 2.05) is 0 Å². The van der Waals surface area contributed by atoms with Gasteiger partial charge < -0.3 is 9.84 Å². The second-order valence-corrected chi connectivity index (χ2v) is 3.11. The normalized spacial score (nSPS) is 43.7. The minimum atomic E-state index is -0.155. The first kappa shape index (κ1) is 5.69. The van der Waals surface area contributed by atoms with Crippen molar-refractivity contribution in [2.24, 2.45) is 11.8 Å². The number of ether oxygens (including phenoxy) is 1. The van der Waals surface area contributed by atoms with Crippen LogP contribution in [0, 0.1) is 11.8 Å². The quantitative estimate of drug-likeness (QED) is 0.554. The van der Waals surface area contributed by atoms with E-state index in [1.54, 1.807) is 0 Å². The molecule has 1 saturated heterocycles. The molecule has 2 aliphatic rings. The largest absolute Gasteiger partial charge is 0.390 e. The number of hydrogen-bond donors (Lipinski definition) is 1.